The minimum Gasteiger partial charge on any atom is -0.357 e. The van der Waals surface area contributed by atoms with Crippen LogP contribution in [0, 0.1) is 5.41 Å². The number of rotatable bonds is 7. The second kappa shape index (κ2) is 11.1. The number of nitrogens with zero attached hydrogens (tertiary/aromatic N) is 3. The van der Waals surface area contributed by atoms with Crippen molar-refractivity contribution in [2.24, 2.45) is 10.4 Å². The molecule has 8 heteroatoms. The highest BCUT2D eigenvalue weighted by Crippen LogP contribution is 2.38. The van der Waals surface area contributed by atoms with Crippen LogP contribution < -0.4 is 10.6 Å². The van der Waals surface area contributed by atoms with E-state index in [1.54, 1.807) is 16.2 Å². The number of guanidine groups is 1. The Kier molecular flexibility index (Phi) is 9.84. The second-order valence-electron chi connectivity index (χ2n) is 6.82. The van der Waals surface area contributed by atoms with Gasteiger partial charge in [0.15, 0.2) is 5.96 Å². The molecule has 0 saturated heterocycles. The summed E-state index contributed by atoms with van der Waals surface area (Å²) in [6.45, 7) is 6.14. The van der Waals surface area contributed by atoms with Crippen LogP contribution in [0.1, 0.15) is 50.2 Å². The van der Waals surface area contributed by atoms with E-state index in [0.29, 0.717) is 13.1 Å². The molecule has 0 aromatic carbocycles. The Labute approximate surface area is 178 Å². The molecule has 0 spiro atoms. The molecule has 0 aliphatic heterocycles. The smallest absolute Gasteiger partial charge is 0.230 e. The summed E-state index contributed by atoms with van der Waals surface area (Å²) in [6.07, 6.45) is 5.09. The molecule has 148 valence electrons. The van der Waals surface area contributed by atoms with Crippen LogP contribution in [0.4, 0.5) is 0 Å². The maximum atomic E-state index is 12.7. The first-order valence-electron chi connectivity index (χ1n) is 9.18. The third-order valence-electron chi connectivity index (χ3n) is 4.66. The minimum atomic E-state index is -0.296. The molecule has 1 aliphatic rings. The number of hydrogen-bond donors (Lipinski definition) is 2. The average molecular weight is 493 g/mol. The lowest BCUT2D eigenvalue weighted by Gasteiger charge is -2.31. The third-order valence-corrected chi connectivity index (χ3v) is 5.70. The molecule has 1 aliphatic carbocycles. The average Bonchev–Trinajstić information content (AvgIpc) is 3.26. The van der Waals surface area contributed by atoms with Gasteiger partial charge in [-0.1, -0.05) is 19.8 Å². The first-order valence-corrected chi connectivity index (χ1v) is 10.1. The van der Waals surface area contributed by atoms with E-state index in [1.165, 1.54) is 0 Å². The van der Waals surface area contributed by atoms with E-state index in [4.69, 9.17) is 0 Å². The van der Waals surface area contributed by atoms with Gasteiger partial charge < -0.3 is 15.5 Å². The van der Waals surface area contributed by atoms with Gasteiger partial charge >= 0.3 is 0 Å². The minimum absolute atomic E-state index is 0. The number of aliphatic imine (C=N–C) groups is 1. The van der Waals surface area contributed by atoms with Crippen molar-refractivity contribution in [1.29, 1.82) is 0 Å². The summed E-state index contributed by atoms with van der Waals surface area (Å²) < 4.78 is 0. The molecular formula is C18H32IN5OS. The van der Waals surface area contributed by atoms with E-state index in [0.717, 1.165) is 55.3 Å². The van der Waals surface area contributed by atoms with Crippen LogP contribution in [-0.4, -0.2) is 48.9 Å². The summed E-state index contributed by atoms with van der Waals surface area (Å²) in [5.74, 6) is 0.979. The van der Waals surface area contributed by atoms with Crippen LogP contribution in [0.2, 0.25) is 0 Å². The molecule has 0 unspecified atom stereocenters. The Bertz CT molecular complexity index is 596. The fraction of sp³-hybridized carbons (Fsp3) is 0.722. The Morgan fingerprint density at radius 1 is 1.31 bits per heavy atom. The zero-order valence-electron chi connectivity index (χ0n) is 16.3. The van der Waals surface area contributed by atoms with Gasteiger partial charge in [-0.05, 0) is 26.2 Å². The summed E-state index contributed by atoms with van der Waals surface area (Å²) in [5, 5.41) is 9.88. The molecule has 6 nitrogen and oxygen atoms in total. The van der Waals surface area contributed by atoms with Crippen LogP contribution in [0.3, 0.4) is 0 Å². The summed E-state index contributed by atoms with van der Waals surface area (Å²) in [7, 11) is 3.69. The van der Waals surface area contributed by atoms with Crippen molar-refractivity contribution in [2.45, 2.75) is 52.5 Å². The molecular weight excluding hydrogens is 461 g/mol. The Morgan fingerprint density at radius 2 is 2.00 bits per heavy atom. The number of aryl methyl sites for hydroxylation is 1. The number of hydrogen-bond acceptors (Lipinski definition) is 4. The number of halogens is 1. The van der Waals surface area contributed by atoms with Gasteiger partial charge in [0.05, 0.1) is 22.7 Å². The van der Waals surface area contributed by atoms with Crippen LogP contribution in [0.15, 0.2) is 10.4 Å². The topological polar surface area (TPSA) is 69.6 Å². The van der Waals surface area contributed by atoms with E-state index in [9.17, 15) is 4.79 Å². The molecule has 0 atom stereocenters. The number of thiazole rings is 1. The number of amides is 1. The van der Waals surface area contributed by atoms with Gasteiger partial charge in [0.1, 0.15) is 0 Å². The quantitative estimate of drug-likeness (QED) is 0.348. The van der Waals surface area contributed by atoms with Crippen molar-refractivity contribution in [3.05, 3.63) is 16.1 Å². The SMILES string of the molecule is CCNC(=NCc1csc(CC)n1)NCC1(C(=O)N(C)C)CCCC1.I. The van der Waals surface area contributed by atoms with Crippen molar-refractivity contribution in [2.75, 3.05) is 27.2 Å². The Hall–Kier alpha value is -0.900. The number of nitrogens with one attached hydrogen (secondary N) is 2. The van der Waals surface area contributed by atoms with E-state index in [-0.39, 0.29) is 35.3 Å². The number of carbonyl (C=O) groups is 1. The molecule has 1 aromatic rings. The predicted octanol–water partition coefficient (Wildman–Crippen LogP) is 3.03. The van der Waals surface area contributed by atoms with E-state index in [1.807, 2.05) is 21.0 Å². The first kappa shape index (κ1) is 23.1. The van der Waals surface area contributed by atoms with Gasteiger partial charge in [0, 0.05) is 32.6 Å². The number of aromatic nitrogens is 1. The maximum Gasteiger partial charge on any atom is 0.230 e. The second-order valence-corrected chi connectivity index (χ2v) is 7.76. The van der Waals surface area contributed by atoms with Gasteiger partial charge in [-0.2, -0.15) is 0 Å². The standard InChI is InChI=1S/C18H31N5OS.HI/c1-5-15-22-14(12-25-15)11-20-17(19-6-2)21-13-18(9-7-8-10-18)16(24)23(3)4;/h12H,5-11,13H2,1-4H3,(H2,19,20,21);1H. The molecule has 1 fully saturated rings. The molecule has 1 heterocycles. The van der Waals surface area contributed by atoms with Crippen molar-refractivity contribution < 1.29 is 4.79 Å². The molecule has 1 amide bonds. The molecule has 1 aromatic heterocycles. The molecule has 2 N–H and O–H groups in total. The third kappa shape index (κ3) is 6.07. The van der Waals surface area contributed by atoms with Crippen LogP contribution in [0.25, 0.3) is 0 Å². The van der Waals surface area contributed by atoms with E-state index < -0.39 is 0 Å². The molecule has 2 rings (SSSR count). The van der Waals surface area contributed by atoms with Gasteiger partial charge in [-0.15, -0.1) is 35.3 Å². The fourth-order valence-corrected chi connectivity index (χ4v) is 4.07. The monoisotopic (exact) mass is 493 g/mol. The lowest BCUT2D eigenvalue weighted by Crippen LogP contribution is -2.49. The highest BCUT2D eigenvalue weighted by atomic mass is 127. The molecule has 1 saturated carbocycles. The van der Waals surface area contributed by atoms with Crippen molar-refractivity contribution in [1.82, 2.24) is 20.5 Å². The largest absolute Gasteiger partial charge is 0.357 e. The molecule has 0 bridgehead atoms. The molecule has 26 heavy (non-hydrogen) atoms. The lowest BCUT2D eigenvalue weighted by molar-refractivity contribution is -0.138. The maximum absolute atomic E-state index is 12.7. The zero-order valence-corrected chi connectivity index (χ0v) is 19.4. The highest BCUT2D eigenvalue weighted by molar-refractivity contribution is 14.0. The Morgan fingerprint density at radius 3 is 2.54 bits per heavy atom. The lowest BCUT2D eigenvalue weighted by atomic mass is 9.84. The van der Waals surface area contributed by atoms with Crippen LogP contribution >= 0.6 is 35.3 Å². The van der Waals surface area contributed by atoms with Gasteiger partial charge in [-0.25, -0.2) is 9.98 Å². The summed E-state index contributed by atoms with van der Waals surface area (Å²) in [5.41, 5.74) is 0.703. The van der Waals surface area contributed by atoms with Gasteiger partial charge in [0.25, 0.3) is 0 Å². The van der Waals surface area contributed by atoms with Crippen molar-refractivity contribution >= 4 is 47.2 Å². The summed E-state index contributed by atoms with van der Waals surface area (Å²) in [4.78, 5) is 23.6. The van der Waals surface area contributed by atoms with Crippen molar-refractivity contribution in [3.63, 3.8) is 0 Å². The number of carbonyl (C=O) groups excluding carboxylic acids is 1. The fourth-order valence-electron chi connectivity index (χ4n) is 3.33. The summed E-state index contributed by atoms with van der Waals surface area (Å²) in [6, 6.07) is 0. The van der Waals surface area contributed by atoms with Crippen LogP contribution in [0.5, 0.6) is 0 Å². The van der Waals surface area contributed by atoms with Crippen molar-refractivity contribution in [3.8, 4) is 0 Å². The predicted molar refractivity (Wildman–Crippen MR) is 119 cm³/mol. The van der Waals surface area contributed by atoms with Gasteiger partial charge in [0.2, 0.25) is 5.91 Å². The van der Waals surface area contributed by atoms with Crippen LogP contribution in [-0.2, 0) is 17.8 Å². The normalized spacial score (nSPS) is 16.1. The molecule has 0 radical (unpaired) electrons. The van der Waals surface area contributed by atoms with E-state index >= 15 is 0 Å². The first-order chi connectivity index (χ1) is 12.0. The highest BCUT2D eigenvalue weighted by Gasteiger charge is 2.42. The Balaban J connectivity index is 0.00000338. The van der Waals surface area contributed by atoms with Gasteiger partial charge in [-0.3, -0.25) is 4.79 Å². The van der Waals surface area contributed by atoms with E-state index in [2.05, 4.69) is 32.9 Å². The zero-order chi connectivity index (χ0) is 18.3. The summed E-state index contributed by atoms with van der Waals surface area (Å²) >= 11 is 1.68.